The van der Waals surface area contributed by atoms with Gasteiger partial charge in [-0.15, -0.1) is 0 Å². The van der Waals surface area contributed by atoms with Crippen molar-refractivity contribution in [1.82, 2.24) is 10.1 Å². The minimum absolute atomic E-state index is 0.100. The highest BCUT2D eigenvalue weighted by molar-refractivity contribution is 7.08. The number of rotatable bonds is 4. The number of thiophene rings is 1. The molecule has 0 radical (unpaired) electrons. The van der Waals surface area contributed by atoms with Gasteiger partial charge in [-0.2, -0.15) is 16.3 Å². The van der Waals surface area contributed by atoms with Gasteiger partial charge in [0.1, 0.15) is 11.3 Å². The second kappa shape index (κ2) is 5.98. The van der Waals surface area contributed by atoms with Crippen LogP contribution in [0.5, 0.6) is 5.75 Å². The summed E-state index contributed by atoms with van der Waals surface area (Å²) >= 11 is 1.53. The Morgan fingerprint density at radius 1 is 1.41 bits per heavy atom. The first-order valence-electron chi connectivity index (χ1n) is 6.45. The largest absolute Gasteiger partial charge is 0.507 e. The van der Waals surface area contributed by atoms with Crippen molar-refractivity contribution in [3.8, 4) is 17.1 Å². The summed E-state index contributed by atoms with van der Waals surface area (Å²) in [7, 11) is 0. The molecule has 22 heavy (non-hydrogen) atoms. The number of phenolic OH excluding ortho intramolecular Hbond substituents is 1. The van der Waals surface area contributed by atoms with Crippen molar-refractivity contribution in [2.45, 2.75) is 13.5 Å². The highest BCUT2D eigenvalue weighted by Crippen LogP contribution is 2.21. The first-order valence-corrected chi connectivity index (χ1v) is 7.39. The zero-order valence-electron chi connectivity index (χ0n) is 11.6. The number of hydrogen-bond donors (Lipinski definition) is 1. The van der Waals surface area contributed by atoms with Gasteiger partial charge >= 0.3 is 5.97 Å². The maximum atomic E-state index is 11.9. The van der Waals surface area contributed by atoms with E-state index in [1.807, 2.05) is 23.8 Å². The fraction of sp³-hybridized carbons (Fsp3) is 0.133. The van der Waals surface area contributed by atoms with Crippen molar-refractivity contribution < 1.29 is 19.2 Å². The van der Waals surface area contributed by atoms with E-state index >= 15 is 0 Å². The molecule has 112 valence electrons. The van der Waals surface area contributed by atoms with Crippen LogP contribution < -0.4 is 0 Å². The van der Waals surface area contributed by atoms with Gasteiger partial charge in [0, 0.05) is 10.9 Å². The predicted octanol–water partition coefficient (Wildman–Crippen LogP) is 3.17. The van der Waals surface area contributed by atoms with Gasteiger partial charge < -0.3 is 14.4 Å². The molecular formula is C15H12N2O4S. The van der Waals surface area contributed by atoms with Crippen molar-refractivity contribution in [1.29, 1.82) is 0 Å². The molecule has 2 heterocycles. The molecule has 1 aromatic carbocycles. The van der Waals surface area contributed by atoms with Gasteiger partial charge in [-0.05, 0) is 36.1 Å². The standard InChI is InChI=1S/C15H12N2O4S/c1-9-2-3-11(12(18)6-9)15(19)20-7-13-16-14(17-21-13)10-4-5-22-8-10/h2-6,8,18H,7H2,1H3. The molecule has 0 atom stereocenters. The van der Waals surface area contributed by atoms with Gasteiger partial charge in [0.05, 0.1) is 0 Å². The lowest BCUT2D eigenvalue weighted by atomic mass is 10.1. The van der Waals surface area contributed by atoms with Crippen LogP contribution in [0.3, 0.4) is 0 Å². The molecule has 0 aliphatic carbocycles. The molecule has 0 amide bonds. The van der Waals surface area contributed by atoms with Crippen LogP contribution in [0.2, 0.25) is 0 Å². The molecule has 0 unspecified atom stereocenters. The number of benzene rings is 1. The van der Waals surface area contributed by atoms with Crippen LogP contribution in [0.4, 0.5) is 0 Å². The number of nitrogens with zero attached hydrogens (tertiary/aromatic N) is 2. The highest BCUT2D eigenvalue weighted by atomic mass is 32.1. The summed E-state index contributed by atoms with van der Waals surface area (Å²) in [5, 5.41) is 17.4. The molecule has 0 saturated heterocycles. The fourth-order valence-electron chi connectivity index (χ4n) is 1.84. The summed E-state index contributed by atoms with van der Waals surface area (Å²) in [6, 6.07) is 6.60. The Kier molecular flexibility index (Phi) is 3.88. The third-order valence-electron chi connectivity index (χ3n) is 2.95. The average Bonchev–Trinajstić information content (AvgIpc) is 3.16. The third kappa shape index (κ3) is 2.99. The van der Waals surface area contributed by atoms with E-state index in [0.29, 0.717) is 5.82 Å². The van der Waals surface area contributed by atoms with Crippen molar-refractivity contribution in [2.75, 3.05) is 0 Å². The number of carbonyl (C=O) groups is 1. The van der Waals surface area contributed by atoms with Crippen molar-refractivity contribution in [3.63, 3.8) is 0 Å². The first-order chi connectivity index (χ1) is 10.6. The number of aryl methyl sites for hydroxylation is 1. The van der Waals surface area contributed by atoms with Crippen molar-refractivity contribution in [2.24, 2.45) is 0 Å². The van der Waals surface area contributed by atoms with Gasteiger partial charge in [0.15, 0.2) is 6.61 Å². The van der Waals surface area contributed by atoms with Gasteiger partial charge in [0.2, 0.25) is 5.82 Å². The lowest BCUT2D eigenvalue weighted by Crippen LogP contribution is -2.05. The van der Waals surface area contributed by atoms with E-state index in [1.54, 1.807) is 6.07 Å². The van der Waals surface area contributed by atoms with E-state index in [9.17, 15) is 9.90 Å². The molecule has 3 rings (SSSR count). The summed E-state index contributed by atoms with van der Waals surface area (Å²) < 4.78 is 10.1. The molecule has 2 aromatic heterocycles. The molecule has 3 aromatic rings. The lowest BCUT2D eigenvalue weighted by molar-refractivity contribution is 0.0426. The Morgan fingerprint density at radius 3 is 3.00 bits per heavy atom. The minimum atomic E-state index is -0.646. The average molecular weight is 316 g/mol. The number of aromatic hydroxyl groups is 1. The third-order valence-corrected chi connectivity index (χ3v) is 3.63. The molecule has 0 spiro atoms. The zero-order valence-corrected chi connectivity index (χ0v) is 12.5. The Balaban J connectivity index is 1.66. The molecule has 1 N–H and O–H groups in total. The van der Waals surface area contributed by atoms with Crippen LogP contribution in [-0.2, 0) is 11.3 Å². The van der Waals surface area contributed by atoms with Gasteiger partial charge in [-0.3, -0.25) is 0 Å². The van der Waals surface area contributed by atoms with E-state index in [-0.39, 0.29) is 23.8 Å². The summed E-state index contributed by atoms with van der Waals surface area (Å²) in [5.74, 6) is -0.117. The first kappa shape index (κ1) is 14.3. The molecule has 6 nitrogen and oxygen atoms in total. The maximum Gasteiger partial charge on any atom is 0.342 e. The Bertz CT molecular complexity index is 796. The molecule has 0 aliphatic rings. The Morgan fingerprint density at radius 2 is 2.27 bits per heavy atom. The van der Waals surface area contributed by atoms with Gasteiger partial charge in [-0.1, -0.05) is 11.2 Å². The molecular weight excluding hydrogens is 304 g/mol. The second-order valence-corrected chi connectivity index (χ2v) is 5.40. The molecule has 7 heteroatoms. The number of phenols is 1. The lowest BCUT2D eigenvalue weighted by Gasteiger charge is -2.04. The van der Waals surface area contributed by atoms with Crippen LogP contribution in [-0.4, -0.2) is 21.2 Å². The van der Waals surface area contributed by atoms with E-state index in [1.165, 1.54) is 23.5 Å². The van der Waals surface area contributed by atoms with E-state index < -0.39 is 5.97 Å². The molecule has 0 bridgehead atoms. The summed E-state index contributed by atoms with van der Waals surface area (Å²) in [4.78, 5) is 16.1. The Hall–Kier alpha value is -2.67. The second-order valence-electron chi connectivity index (χ2n) is 4.62. The highest BCUT2D eigenvalue weighted by Gasteiger charge is 2.15. The van der Waals surface area contributed by atoms with Crippen LogP contribution in [0, 0.1) is 6.92 Å². The predicted molar refractivity (Wildman–Crippen MR) is 79.6 cm³/mol. The van der Waals surface area contributed by atoms with Gasteiger partial charge in [0.25, 0.3) is 5.89 Å². The van der Waals surface area contributed by atoms with E-state index in [2.05, 4.69) is 10.1 Å². The molecule has 0 aliphatic heterocycles. The zero-order chi connectivity index (χ0) is 15.5. The minimum Gasteiger partial charge on any atom is -0.507 e. The summed E-state index contributed by atoms with van der Waals surface area (Å²) in [5.41, 5.74) is 1.80. The number of ether oxygens (including phenoxy) is 1. The number of carbonyl (C=O) groups excluding carboxylic acids is 1. The van der Waals surface area contributed by atoms with Crippen LogP contribution in [0.25, 0.3) is 11.4 Å². The van der Waals surface area contributed by atoms with Crippen molar-refractivity contribution >= 4 is 17.3 Å². The summed E-state index contributed by atoms with van der Waals surface area (Å²) in [6.45, 7) is 1.67. The van der Waals surface area contributed by atoms with Gasteiger partial charge in [-0.25, -0.2) is 4.79 Å². The molecule has 0 fully saturated rings. The number of aromatic nitrogens is 2. The summed E-state index contributed by atoms with van der Waals surface area (Å²) in [6.07, 6.45) is 0. The normalized spacial score (nSPS) is 10.6. The molecule has 0 saturated carbocycles. The fourth-order valence-corrected chi connectivity index (χ4v) is 2.48. The maximum absolute atomic E-state index is 11.9. The van der Waals surface area contributed by atoms with Crippen LogP contribution in [0.1, 0.15) is 21.8 Å². The number of hydrogen-bond acceptors (Lipinski definition) is 7. The smallest absolute Gasteiger partial charge is 0.342 e. The van der Waals surface area contributed by atoms with E-state index in [4.69, 9.17) is 9.26 Å². The Labute approximate surface area is 130 Å². The topological polar surface area (TPSA) is 85.5 Å². The van der Waals surface area contributed by atoms with Crippen LogP contribution in [0.15, 0.2) is 39.5 Å². The van der Waals surface area contributed by atoms with Crippen molar-refractivity contribution in [3.05, 3.63) is 52.0 Å². The quantitative estimate of drug-likeness (QED) is 0.744. The monoisotopic (exact) mass is 316 g/mol. The van der Waals surface area contributed by atoms with E-state index in [0.717, 1.165) is 11.1 Å². The number of esters is 1. The SMILES string of the molecule is Cc1ccc(C(=O)OCc2nc(-c3ccsc3)no2)c(O)c1. The van der Waals surface area contributed by atoms with Crippen LogP contribution >= 0.6 is 11.3 Å².